The molecular formula is C20H21F3N2O2S. The standard InChI is InChI=1S/C20H21F3N2O2S/c1-13-6-3-4-9-16(13)18(26)25-17(10-11-28-2)19(27)24-15-8-5-7-14(12-15)20(21,22)23/h3-9,12,17H,10-11H2,1-2H3,(H,24,27)(H,25,26)/t17-/m1/s1. The zero-order valence-electron chi connectivity index (χ0n) is 15.5. The van der Waals surface area contributed by atoms with Gasteiger partial charge in [-0.2, -0.15) is 24.9 Å². The van der Waals surface area contributed by atoms with Gasteiger partial charge in [0.25, 0.3) is 5.91 Å². The Bertz CT molecular complexity index is 840. The molecule has 28 heavy (non-hydrogen) atoms. The maximum atomic E-state index is 12.9. The van der Waals surface area contributed by atoms with Gasteiger partial charge in [0, 0.05) is 11.3 Å². The SMILES string of the molecule is CSCC[C@@H](NC(=O)c1ccccc1C)C(=O)Nc1cccc(C(F)(F)F)c1. The number of halogens is 3. The fourth-order valence-electron chi connectivity index (χ4n) is 2.57. The summed E-state index contributed by atoms with van der Waals surface area (Å²) >= 11 is 1.51. The molecule has 0 heterocycles. The average Bonchev–Trinajstić information content (AvgIpc) is 2.64. The fourth-order valence-corrected chi connectivity index (χ4v) is 3.04. The van der Waals surface area contributed by atoms with Gasteiger partial charge < -0.3 is 10.6 Å². The average molecular weight is 410 g/mol. The summed E-state index contributed by atoms with van der Waals surface area (Å²) in [6, 6.07) is 10.5. The largest absolute Gasteiger partial charge is 0.416 e. The normalized spacial score (nSPS) is 12.3. The lowest BCUT2D eigenvalue weighted by atomic mass is 10.1. The minimum atomic E-state index is -4.50. The number of benzene rings is 2. The molecule has 0 fully saturated rings. The molecule has 2 aromatic rings. The molecule has 0 spiro atoms. The number of amides is 2. The van der Waals surface area contributed by atoms with Crippen LogP contribution in [-0.4, -0.2) is 29.9 Å². The van der Waals surface area contributed by atoms with Crippen LogP contribution in [0, 0.1) is 6.92 Å². The van der Waals surface area contributed by atoms with Gasteiger partial charge in [0.05, 0.1) is 5.56 Å². The highest BCUT2D eigenvalue weighted by Gasteiger charge is 2.31. The van der Waals surface area contributed by atoms with Crippen LogP contribution in [0.2, 0.25) is 0 Å². The van der Waals surface area contributed by atoms with E-state index < -0.39 is 29.6 Å². The molecule has 2 rings (SSSR count). The van der Waals surface area contributed by atoms with Gasteiger partial charge in [-0.1, -0.05) is 24.3 Å². The van der Waals surface area contributed by atoms with E-state index in [4.69, 9.17) is 0 Å². The van der Waals surface area contributed by atoms with Crippen molar-refractivity contribution in [3.8, 4) is 0 Å². The smallest absolute Gasteiger partial charge is 0.340 e. The highest BCUT2D eigenvalue weighted by atomic mass is 32.2. The van der Waals surface area contributed by atoms with Gasteiger partial charge in [0.15, 0.2) is 0 Å². The summed E-state index contributed by atoms with van der Waals surface area (Å²) in [5, 5.41) is 5.16. The van der Waals surface area contributed by atoms with E-state index in [0.29, 0.717) is 17.7 Å². The van der Waals surface area contributed by atoms with Crippen molar-refractivity contribution in [3.05, 3.63) is 65.2 Å². The zero-order chi connectivity index (χ0) is 20.7. The van der Waals surface area contributed by atoms with E-state index in [1.807, 2.05) is 6.26 Å². The summed E-state index contributed by atoms with van der Waals surface area (Å²) in [5.74, 6) is -0.354. The second-order valence-corrected chi connectivity index (χ2v) is 7.18. The highest BCUT2D eigenvalue weighted by molar-refractivity contribution is 7.98. The molecule has 4 nitrogen and oxygen atoms in total. The molecule has 0 saturated carbocycles. The van der Waals surface area contributed by atoms with Gasteiger partial charge in [-0.25, -0.2) is 0 Å². The minimum Gasteiger partial charge on any atom is -0.340 e. The first kappa shape index (κ1) is 21.8. The third kappa shape index (κ3) is 6.02. The minimum absolute atomic E-state index is 0.0270. The molecule has 2 aromatic carbocycles. The predicted molar refractivity (Wildman–Crippen MR) is 106 cm³/mol. The van der Waals surface area contributed by atoms with Gasteiger partial charge in [-0.3, -0.25) is 9.59 Å². The van der Waals surface area contributed by atoms with E-state index in [1.165, 1.54) is 23.9 Å². The summed E-state index contributed by atoms with van der Waals surface area (Å²) in [5.41, 5.74) is 0.388. The third-order valence-electron chi connectivity index (χ3n) is 4.08. The van der Waals surface area contributed by atoms with Crippen molar-refractivity contribution in [1.82, 2.24) is 5.32 Å². The first-order valence-electron chi connectivity index (χ1n) is 8.56. The van der Waals surface area contributed by atoms with Crippen molar-refractivity contribution in [1.29, 1.82) is 0 Å². The summed E-state index contributed by atoms with van der Waals surface area (Å²) in [6.45, 7) is 1.79. The fraction of sp³-hybridized carbons (Fsp3) is 0.300. The summed E-state index contributed by atoms with van der Waals surface area (Å²) in [6.07, 6.45) is -2.29. The van der Waals surface area contributed by atoms with Crippen LogP contribution in [0.25, 0.3) is 0 Å². The van der Waals surface area contributed by atoms with E-state index in [-0.39, 0.29) is 5.69 Å². The van der Waals surface area contributed by atoms with Crippen LogP contribution in [0.5, 0.6) is 0 Å². The number of anilines is 1. The third-order valence-corrected chi connectivity index (χ3v) is 4.72. The molecule has 0 radical (unpaired) electrons. The first-order chi connectivity index (χ1) is 13.2. The number of nitrogens with one attached hydrogen (secondary N) is 2. The van der Waals surface area contributed by atoms with Crippen LogP contribution in [0.3, 0.4) is 0 Å². The summed E-state index contributed by atoms with van der Waals surface area (Å²) in [7, 11) is 0. The van der Waals surface area contributed by atoms with Crippen LogP contribution in [-0.2, 0) is 11.0 Å². The molecule has 0 aromatic heterocycles. The molecule has 0 aliphatic carbocycles. The first-order valence-corrected chi connectivity index (χ1v) is 9.95. The molecule has 0 aliphatic heterocycles. The van der Waals surface area contributed by atoms with Gasteiger partial charge in [0.2, 0.25) is 5.91 Å². The van der Waals surface area contributed by atoms with Crippen LogP contribution in [0.4, 0.5) is 18.9 Å². The molecule has 2 amide bonds. The number of aryl methyl sites for hydroxylation is 1. The zero-order valence-corrected chi connectivity index (χ0v) is 16.3. The summed E-state index contributed by atoms with van der Waals surface area (Å²) in [4.78, 5) is 25.1. The predicted octanol–water partition coefficient (Wildman–Crippen LogP) is 4.50. The number of hydrogen-bond acceptors (Lipinski definition) is 3. The van der Waals surface area contributed by atoms with E-state index in [1.54, 1.807) is 31.2 Å². The van der Waals surface area contributed by atoms with Gasteiger partial charge in [-0.15, -0.1) is 0 Å². The molecule has 0 unspecified atom stereocenters. The van der Waals surface area contributed by atoms with Gasteiger partial charge >= 0.3 is 6.18 Å². The van der Waals surface area contributed by atoms with E-state index in [9.17, 15) is 22.8 Å². The highest BCUT2D eigenvalue weighted by Crippen LogP contribution is 2.30. The van der Waals surface area contributed by atoms with Crippen molar-refractivity contribution in [2.24, 2.45) is 0 Å². The van der Waals surface area contributed by atoms with E-state index in [0.717, 1.165) is 17.7 Å². The quantitative estimate of drug-likeness (QED) is 0.706. The molecule has 150 valence electrons. The Balaban J connectivity index is 2.15. The van der Waals surface area contributed by atoms with Crippen molar-refractivity contribution in [2.45, 2.75) is 25.6 Å². The second-order valence-electron chi connectivity index (χ2n) is 6.19. The van der Waals surface area contributed by atoms with Crippen molar-refractivity contribution in [2.75, 3.05) is 17.3 Å². The molecule has 2 N–H and O–H groups in total. The molecular weight excluding hydrogens is 389 g/mol. The van der Waals surface area contributed by atoms with E-state index in [2.05, 4.69) is 10.6 Å². The van der Waals surface area contributed by atoms with Gasteiger partial charge in [-0.05, 0) is 55.2 Å². The topological polar surface area (TPSA) is 58.2 Å². The maximum absolute atomic E-state index is 12.9. The Morgan fingerprint density at radius 2 is 1.82 bits per heavy atom. The van der Waals surface area contributed by atoms with Crippen molar-refractivity contribution >= 4 is 29.3 Å². The maximum Gasteiger partial charge on any atom is 0.416 e. The van der Waals surface area contributed by atoms with Crippen molar-refractivity contribution in [3.63, 3.8) is 0 Å². The molecule has 0 aliphatic rings. The summed E-state index contributed by atoms with van der Waals surface area (Å²) < 4.78 is 38.6. The Morgan fingerprint density at radius 1 is 1.11 bits per heavy atom. The Labute approximate surface area is 165 Å². The number of carbonyl (C=O) groups is 2. The lowest BCUT2D eigenvalue weighted by Crippen LogP contribution is -2.44. The lowest BCUT2D eigenvalue weighted by Gasteiger charge is -2.19. The van der Waals surface area contributed by atoms with Gasteiger partial charge in [0.1, 0.15) is 6.04 Å². The molecule has 0 bridgehead atoms. The molecule has 8 heteroatoms. The second kappa shape index (κ2) is 9.64. The van der Waals surface area contributed by atoms with Crippen LogP contribution < -0.4 is 10.6 Å². The van der Waals surface area contributed by atoms with Crippen LogP contribution in [0.15, 0.2) is 48.5 Å². The number of hydrogen-bond donors (Lipinski definition) is 2. The molecule has 0 saturated heterocycles. The van der Waals surface area contributed by atoms with Crippen LogP contribution in [0.1, 0.15) is 27.9 Å². The monoisotopic (exact) mass is 410 g/mol. The number of thioether (sulfide) groups is 1. The van der Waals surface area contributed by atoms with Crippen LogP contribution >= 0.6 is 11.8 Å². The Morgan fingerprint density at radius 3 is 2.46 bits per heavy atom. The van der Waals surface area contributed by atoms with E-state index >= 15 is 0 Å². The number of rotatable bonds is 7. The lowest BCUT2D eigenvalue weighted by molar-refractivity contribution is -0.137. The molecule has 1 atom stereocenters. The Kier molecular flexibility index (Phi) is 7.51. The number of carbonyl (C=O) groups excluding carboxylic acids is 2. The Hall–Kier alpha value is -2.48. The number of alkyl halides is 3. The van der Waals surface area contributed by atoms with Crippen molar-refractivity contribution < 1.29 is 22.8 Å².